The first-order chi connectivity index (χ1) is 6.10. The average Bonchev–Trinajstić information content (AvgIpc) is 2.45. The Morgan fingerprint density at radius 2 is 2.46 bits per heavy atom. The van der Waals surface area contributed by atoms with E-state index < -0.39 is 11.5 Å². The Balaban J connectivity index is 2.65. The third kappa shape index (κ3) is 2.15. The van der Waals surface area contributed by atoms with Gasteiger partial charge in [-0.05, 0) is 6.42 Å². The molecule has 5 heteroatoms. The van der Waals surface area contributed by atoms with Crippen molar-refractivity contribution >= 4 is 23.0 Å². The van der Waals surface area contributed by atoms with Gasteiger partial charge in [0.1, 0.15) is 5.54 Å². The van der Waals surface area contributed by atoms with E-state index in [2.05, 4.69) is 5.32 Å². The Morgan fingerprint density at radius 1 is 1.77 bits per heavy atom. The molecule has 1 aliphatic heterocycles. The summed E-state index contributed by atoms with van der Waals surface area (Å²) in [5, 5.41) is 11.3. The molecule has 4 nitrogen and oxygen atoms in total. The predicted molar refractivity (Wildman–Crippen MR) is 50.9 cm³/mol. The van der Waals surface area contributed by atoms with E-state index in [1.165, 1.54) is 0 Å². The largest absolute Gasteiger partial charge is 0.479 e. The van der Waals surface area contributed by atoms with Gasteiger partial charge in [-0.15, -0.1) is 0 Å². The molecule has 1 fully saturated rings. The fourth-order valence-electron chi connectivity index (χ4n) is 1.29. The summed E-state index contributed by atoms with van der Waals surface area (Å²) in [6.45, 7) is 2.00. The van der Waals surface area contributed by atoms with Gasteiger partial charge in [0.15, 0.2) is 0 Å². The second kappa shape index (κ2) is 4.00. The number of hydrogen-bond acceptors (Lipinski definition) is 3. The number of carboxylic acid groups (broad SMARTS) is 1. The molecule has 1 rings (SSSR count). The molecule has 0 aromatic heterocycles. The molecule has 0 radical (unpaired) electrons. The van der Waals surface area contributed by atoms with Crippen molar-refractivity contribution < 1.29 is 14.7 Å². The van der Waals surface area contributed by atoms with Crippen LogP contribution in [0.1, 0.15) is 26.2 Å². The van der Waals surface area contributed by atoms with Crippen LogP contribution in [0.3, 0.4) is 0 Å². The Bertz CT molecular complexity index is 231. The van der Waals surface area contributed by atoms with E-state index in [9.17, 15) is 9.59 Å². The zero-order valence-corrected chi connectivity index (χ0v) is 8.32. The van der Waals surface area contributed by atoms with Crippen LogP contribution in [0.4, 0.5) is 4.79 Å². The lowest BCUT2D eigenvalue weighted by molar-refractivity contribution is -0.143. The van der Waals surface area contributed by atoms with E-state index in [4.69, 9.17) is 5.11 Å². The van der Waals surface area contributed by atoms with Crippen LogP contribution in [-0.2, 0) is 4.79 Å². The highest BCUT2D eigenvalue weighted by atomic mass is 32.2. The molecule has 1 aliphatic rings. The number of hydrogen-bond donors (Lipinski definition) is 2. The van der Waals surface area contributed by atoms with Crippen LogP contribution >= 0.6 is 11.8 Å². The van der Waals surface area contributed by atoms with E-state index in [1.807, 2.05) is 6.92 Å². The zero-order chi connectivity index (χ0) is 9.90. The van der Waals surface area contributed by atoms with Crippen LogP contribution in [0.2, 0.25) is 0 Å². The Labute approximate surface area is 81.1 Å². The fraction of sp³-hybridized carbons (Fsp3) is 0.750. The molecular weight excluding hydrogens is 190 g/mol. The predicted octanol–water partition coefficient (Wildman–Crippen LogP) is 1.46. The molecule has 1 atom stereocenters. The minimum Gasteiger partial charge on any atom is -0.479 e. The van der Waals surface area contributed by atoms with Crippen LogP contribution < -0.4 is 5.32 Å². The van der Waals surface area contributed by atoms with Gasteiger partial charge in [-0.25, -0.2) is 4.79 Å². The number of carbonyl (C=O) groups excluding carboxylic acids is 1. The summed E-state index contributed by atoms with van der Waals surface area (Å²) in [5.74, 6) is -0.569. The number of carboxylic acids is 1. The maximum Gasteiger partial charge on any atom is 0.330 e. The Morgan fingerprint density at radius 3 is 2.85 bits per heavy atom. The number of aliphatic carboxylic acids is 1. The number of unbranched alkanes of at least 4 members (excludes halogenated alkanes) is 1. The first kappa shape index (κ1) is 10.4. The quantitative estimate of drug-likeness (QED) is 0.725. The highest BCUT2D eigenvalue weighted by Crippen LogP contribution is 2.28. The van der Waals surface area contributed by atoms with Gasteiger partial charge in [-0.1, -0.05) is 31.5 Å². The molecule has 1 amide bonds. The van der Waals surface area contributed by atoms with Crippen LogP contribution in [0.15, 0.2) is 0 Å². The van der Waals surface area contributed by atoms with E-state index in [-0.39, 0.29) is 5.24 Å². The molecule has 1 heterocycles. The number of rotatable bonds is 4. The van der Waals surface area contributed by atoms with Crippen molar-refractivity contribution in [2.45, 2.75) is 31.7 Å². The molecule has 2 N–H and O–H groups in total. The molecule has 0 saturated carbocycles. The summed E-state index contributed by atoms with van der Waals surface area (Å²) in [5.41, 5.74) is -1.00. The Hall–Kier alpha value is -0.710. The third-order valence-electron chi connectivity index (χ3n) is 2.16. The summed E-state index contributed by atoms with van der Waals surface area (Å²) in [6.07, 6.45) is 2.29. The number of amides is 1. The van der Waals surface area contributed by atoms with Crippen molar-refractivity contribution in [3.05, 3.63) is 0 Å². The number of carbonyl (C=O) groups is 2. The summed E-state index contributed by atoms with van der Waals surface area (Å²) >= 11 is 1.05. The fourth-order valence-corrected chi connectivity index (χ4v) is 2.28. The first-order valence-corrected chi connectivity index (χ1v) is 5.27. The molecule has 13 heavy (non-hydrogen) atoms. The Kier molecular flexibility index (Phi) is 3.19. The van der Waals surface area contributed by atoms with Crippen LogP contribution in [0.5, 0.6) is 0 Å². The minimum absolute atomic E-state index is 0.224. The first-order valence-electron chi connectivity index (χ1n) is 4.29. The van der Waals surface area contributed by atoms with Gasteiger partial charge < -0.3 is 10.4 Å². The van der Waals surface area contributed by atoms with Crippen molar-refractivity contribution in [3.8, 4) is 0 Å². The third-order valence-corrected chi connectivity index (χ3v) is 3.16. The molecule has 0 aromatic rings. The second-order valence-electron chi connectivity index (χ2n) is 3.19. The van der Waals surface area contributed by atoms with Gasteiger partial charge in [0.05, 0.1) is 0 Å². The van der Waals surface area contributed by atoms with Crippen LogP contribution in [0, 0.1) is 0 Å². The topological polar surface area (TPSA) is 66.4 Å². The lowest BCUT2D eigenvalue weighted by Gasteiger charge is -2.22. The van der Waals surface area contributed by atoms with Crippen molar-refractivity contribution in [3.63, 3.8) is 0 Å². The van der Waals surface area contributed by atoms with E-state index >= 15 is 0 Å². The van der Waals surface area contributed by atoms with Gasteiger partial charge >= 0.3 is 5.97 Å². The normalized spacial score (nSPS) is 27.3. The van der Waals surface area contributed by atoms with Crippen molar-refractivity contribution in [1.82, 2.24) is 5.32 Å². The van der Waals surface area contributed by atoms with Gasteiger partial charge in [0.25, 0.3) is 5.24 Å². The lowest BCUT2D eigenvalue weighted by atomic mass is 9.95. The van der Waals surface area contributed by atoms with E-state index in [1.54, 1.807) is 0 Å². The monoisotopic (exact) mass is 203 g/mol. The average molecular weight is 203 g/mol. The maximum atomic E-state index is 10.9. The smallest absolute Gasteiger partial charge is 0.330 e. The van der Waals surface area contributed by atoms with Gasteiger partial charge in [-0.2, -0.15) is 0 Å². The molecule has 74 valence electrons. The maximum absolute atomic E-state index is 10.9. The summed E-state index contributed by atoms with van der Waals surface area (Å²) < 4.78 is 0. The summed E-state index contributed by atoms with van der Waals surface area (Å²) in [7, 11) is 0. The molecule has 0 unspecified atom stereocenters. The summed E-state index contributed by atoms with van der Waals surface area (Å²) in [4.78, 5) is 21.9. The minimum atomic E-state index is -1.00. The van der Waals surface area contributed by atoms with Gasteiger partial charge in [-0.3, -0.25) is 4.79 Å². The van der Waals surface area contributed by atoms with Gasteiger partial charge in [0.2, 0.25) is 0 Å². The number of nitrogens with one attached hydrogen (secondary N) is 1. The summed E-state index contributed by atoms with van der Waals surface area (Å²) in [6, 6.07) is 0. The molecule has 0 aliphatic carbocycles. The van der Waals surface area contributed by atoms with Crippen molar-refractivity contribution in [2.24, 2.45) is 0 Å². The highest BCUT2D eigenvalue weighted by Gasteiger charge is 2.44. The highest BCUT2D eigenvalue weighted by molar-refractivity contribution is 8.14. The standard InChI is InChI=1S/C8H13NO3S/c1-2-3-4-8(6(10)11)5-13-7(12)9-8/h2-5H2,1H3,(H,9,12)(H,10,11)/t8-/m1/s1. The number of thioether (sulfide) groups is 1. The van der Waals surface area contributed by atoms with Crippen molar-refractivity contribution in [2.75, 3.05) is 5.75 Å². The SMILES string of the molecule is CCCC[C@]1(C(=O)O)CSC(=O)N1. The molecular formula is C8H13NO3S. The van der Waals surface area contributed by atoms with Gasteiger partial charge in [0, 0.05) is 5.75 Å². The van der Waals surface area contributed by atoms with E-state index in [0.29, 0.717) is 12.2 Å². The van der Waals surface area contributed by atoms with Crippen LogP contribution in [0.25, 0.3) is 0 Å². The van der Waals surface area contributed by atoms with Crippen LogP contribution in [-0.4, -0.2) is 27.6 Å². The molecule has 0 bridgehead atoms. The zero-order valence-electron chi connectivity index (χ0n) is 7.50. The lowest BCUT2D eigenvalue weighted by Crippen LogP contribution is -2.50. The van der Waals surface area contributed by atoms with E-state index in [0.717, 1.165) is 24.6 Å². The molecule has 0 spiro atoms. The second-order valence-corrected chi connectivity index (χ2v) is 4.14. The molecule has 1 saturated heterocycles. The molecule has 0 aromatic carbocycles. The van der Waals surface area contributed by atoms with Crippen molar-refractivity contribution in [1.29, 1.82) is 0 Å².